The first-order chi connectivity index (χ1) is 6.06. The molecule has 0 aromatic carbocycles. The predicted octanol–water partition coefficient (Wildman–Crippen LogP) is 3.56. The van der Waals surface area contributed by atoms with Crippen molar-refractivity contribution in [3.8, 4) is 0 Å². The summed E-state index contributed by atoms with van der Waals surface area (Å²) in [5, 5.41) is 0. The summed E-state index contributed by atoms with van der Waals surface area (Å²) in [6.45, 7) is 2.64. The van der Waals surface area contributed by atoms with Crippen molar-refractivity contribution in [3.05, 3.63) is 0 Å². The van der Waals surface area contributed by atoms with Crippen LogP contribution in [0.2, 0.25) is 0 Å². The maximum absolute atomic E-state index is 10.8. The molecule has 0 aliphatic heterocycles. The fraction of sp³-hybridized carbons (Fsp3) is 1.00. The zero-order chi connectivity index (χ0) is 10.2. The van der Waals surface area contributed by atoms with E-state index >= 15 is 0 Å². The zero-order valence-corrected chi connectivity index (χ0v) is 14.2. The average molecular weight is 306 g/mol. The van der Waals surface area contributed by atoms with E-state index in [0.717, 1.165) is 12.8 Å². The number of unbranched alkanes of at least 4 members (excludes halogenated alkanes) is 5. The van der Waals surface area contributed by atoms with Gasteiger partial charge >= 0.3 is 19.5 Å². The van der Waals surface area contributed by atoms with Gasteiger partial charge in [0.1, 0.15) is 0 Å². The molecule has 0 saturated carbocycles. The van der Waals surface area contributed by atoms with Crippen LogP contribution in [0.3, 0.4) is 0 Å². The SMILES string of the molecule is CCCCCCCCOP(=O)([S-])[S-].[Zn+2]. The molecule has 0 aliphatic rings. The molecule has 0 radical (unpaired) electrons. The van der Waals surface area contributed by atoms with E-state index in [0.29, 0.717) is 6.61 Å². The Bertz CT molecular complexity index is 163. The molecule has 0 aromatic heterocycles. The zero-order valence-electron chi connectivity index (χ0n) is 8.74. The Morgan fingerprint density at radius 2 is 1.57 bits per heavy atom. The average Bonchev–Trinajstić information content (AvgIpc) is 2.01. The van der Waals surface area contributed by atoms with Crippen molar-refractivity contribution in [2.45, 2.75) is 45.4 Å². The third-order valence-corrected chi connectivity index (χ3v) is 2.88. The second kappa shape index (κ2) is 11.0. The molecule has 0 spiro atoms. The molecule has 0 bridgehead atoms. The van der Waals surface area contributed by atoms with Crippen molar-refractivity contribution >= 4 is 30.3 Å². The quantitative estimate of drug-likeness (QED) is 0.296. The van der Waals surface area contributed by atoms with Crippen LogP contribution in [-0.4, -0.2) is 6.61 Å². The summed E-state index contributed by atoms with van der Waals surface area (Å²) in [7, 11) is 0. The van der Waals surface area contributed by atoms with Gasteiger partial charge in [-0.2, -0.15) is 0 Å². The van der Waals surface area contributed by atoms with E-state index < -0.39 is 5.77 Å². The molecule has 0 heterocycles. The molecule has 2 nitrogen and oxygen atoms in total. The number of rotatable bonds is 8. The Morgan fingerprint density at radius 1 is 1.07 bits per heavy atom. The van der Waals surface area contributed by atoms with Gasteiger partial charge < -0.3 is 33.6 Å². The Labute approximate surface area is 110 Å². The van der Waals surface area contributed by atoms with Gasteiger partial charge in [0, 0.05) is 6.61 Å². The van der Waals surface area contributed by atoms with E-state index in [2.05, 4.69) is 31.4 Å². The summed E-state index contributed by atoms with van der Waals surface area (Å²) < 4.78 is 15.6. The van der Waals surface area contributed by atoms with Crippen LogP contribution >= 0.6 is 5.77 Å². The molecule has 0 N–H and O–H groups in total. The monoisotopic (exact) mass is 304 g/mol. The van der Waals surface area contributed by atoms with Crippen molar-refractivity contribution < 1.29 is 28.6 Å². The smallest absolute Gasteiger partial charge is 0.714 e. The number of hydrogen-bond acceptors (Lipinski definition) is 4. The molecule has 0 aliphatic carbocycles. The van der Waals surface area contributed by atoms with Crippen molar-refractivity contribution in [2.75, 3.05) is 6.61 Å². The topological polar surface area (TPSA) is 26.3 Å². The van der Waals surface area contributed by atoms with Crippen LogP contribution in [0.5, 0.6) is 0 Å². The van der Waals surface area contributed by atoms with Crippen LogP contribution in [0.1, 0.15) is 45.4 Å². The molecule has 6 heteroatoms. The van der Waals surface area contributed by atoms with E-state index in [4.69, 9.17) is 4.52 Å². The Kier molecular flexibility index (Phi) is 14.1. The third-order valence-electron chi connectivity index (χ3n) is 1.75. The standard InChI is InChI=1S/C8H19O2PS2.Zn/c1-2-3-4-5-6-7-8-10-11(9,12)13;/h2-8H2,1H3,(H2,9,12,13);/q;+2/p-2. The van der Waals surface area contributed by atoms with E-state index in [-0.39, 0.29) is 19.5 Å². The van der Waals surface area contributed by atoms with E-state index in [1.165, 1.54) is 25.7 Å². The molecule has 0 aromatic rings. The third kappa shape index (κ3) is 16.0. The van der Waals surface area contributed by atoms with Gasteiger partial charge in [0.25, 0.3) is 0 Å². The van der Waals surface area contributed by atoms with E-state index in [1.807, 2.05) is 0 Å². The van der Waals surface area contributed by atoms with Crippen molar-refractivity contribution in [3.63, 3.8) is 0 Å². The van der Waals surface area contributed by atoms with Crippen LogP contribution in [0.15, 0.2) is 0 Å². The molecule has 80 valence electrons. The predicted molar refractivity (Wildman–Crippen MR) is 61.7 cm³/mol. The largest absolute Gasteiger partial charge is 2.00 e. The van der Waals surface area contributed by atoms with Crippen LogP contribution in [-0.2, 0) is 53.1 Å². The molecule has 0 unspecified atom stereocenters. The normalized spacial score (nSPS) is 11.1. The summed E-state index contributed by atoms with van der Waals surface area (Å²) in [5.41, 5.74) is 0. The minimum atomic E-state index is -3.06. The molecule has 14 heavy (non-hydrogen) atoms. The summed E-state index contributed by atoms with van der Waals surface area (Å²) in [4.78, 5) is 0. The van der Waals surface area contributed by atoms with Gasteiger partial charge in [-0.25, -0.2) is 0 Å². The summed E-state index contributed by atoms with van der Waals surface area (Å²) in [6.07, 6.45) is 7.07. The van der Waals surface area contributed by atoms with Gasteiger partial charge in [0.2, 0.25) is 0 Å². The minimum absolute atomic E-state index is 0. The van der Waals surface area contributed by atoms with Gasteiger partial charge in [0.05, 0.1) is 0 Å². The Balaban J connectivity index is 0. The molecule has 0 rings (SSSR count). The van der Waals surface area contributed by atoms with Crippen LogP contribution in [0, 0.1) is 0 Å². The first kappa shape index (κ1) is 17.9. The van der Waals surface area contributed by atoms with Gasteiger partial charge in [0.15, 0.2) is 0 Å². The van der Waals surface area contributed by atoms with Crippen LogP contribution in [0.4, 0.5) is 0 Å². The first-order valence-corrected chi connectivity index (χ1v) is 8.38. The van der Waals surface area contributed by atoms with E-state index in [9.17, 15) is 4.57 Å². The van der Waals surface area contributed by atoms with Crippen molar-refractivity contribution in [1.82, 2.24) is 0 Å². The maximum Gasteiger partial charge on any atom is 2.00 e. The van der Waals surface area contributed by atoms with Crippen molar-refractivity contribution in [1.29, 1.82) is 0 Å². The Morgan fingerprint density at radius 3 is 2.07 bits per heavy atom. The van der Waals surface area contributed by atoms with Crippen LogP contribution < -0.4 is 0 Å². The molecular weight excluding hydrogens is 289 g/mol. The van der Waals surface area contributed by atoms with E-state index in [1.54, 1.807) is 0 Å². The molecule has 0 atom stereocenters. The van der Waals surface area contributed by atoms with Gasteiger partial charge in [-0.1, -0.05) is 39.0 Å². The second-order valence-electron chi connectivity index (χ2n) is 3.05. The Hall–Kier alpha value is 1.51. The van der Waals surface area contributed by atoms with Gasteiger partial charge in [-0.3, -0.25) is 0 Å². The molecule has 0 amide bonds. The van der Waals surface area contributed by atoms with Crippen molar-refractivity contribution in [2.24, 2.45) is 0 Å². The minimum Gasteiger partial charge on any atom is -0.714 e. The van der Waals surface area contributed by atoms with Gasteiger partial charge in [-0.05, 0) is 12.2 Å². The molecular formula is C8H17O2PS2Zn. The fourth-order valence-corrected chi connectivity index (χ4v) is 1.86. The first-order valence-electron chi connectivity index (χ1n) is 4.73. The van der Waals surface area contributed by atoms with Gasteiger partial charge in [-0.15, -0.1) is 0 Å². The summed E-state index contributed by atoms with van der Waals surface area (Å²) in [6, 6.07) is 0. The fourth-order valence-electron chi connectivity index (χ4n) is 1.06. The summed E-state index contributed by atoms with van der Waals surface area (Å²) >= 11 is 8.91. The summed E-state index contributed by atoms with van der Waals surface area (Å²) in [5.74, 6) is -3.06. The van der Waals surface area contributed by atoms with Crippen LogP contribution in [0.25, 0.3) is 0 Å². The molecule has 0 saturated heterocycles. The second-order valence-corrected chi connectivity index (χ2v) is 7.78. The molecule has 0 fully saturated rings. The maximum atomic E-state index is 10.8. The number of hydrogen-bond donors (Lipinski definition) is 0.